The summed E-state index contributed by atoms with van der Waals surface area (Å²) in [6.45, 7) is 10.2. The zero-order chi connectivity index (χ0) is 14.6. The summed E-state index contributed by atoms with van der Waals surface area (Å²) in [4.78, 5) is 7.05. The van der Waals surface area contributed by atoms with Gasteiger partial charge in [-0.05, 0) is 20.8 Å². The second-order valence-electron chi connectivity index (χ2n) is 5.56. The van der Waals surface area contributed by atoms with Gasteiger partial charge in [0.2, 0.25) is 0 Å². The van der Waals surface area contributed by atoms with E-state index in [0.29, 0.717) is 6.54 Å². The summed E-state index contributed by atoms with van der Waals surface area (Å²) in [5, 5.41) is 11.3. The molecule has 0 amide bonds. The number of aryl methyl sites for hydroxylation is 1. The minimum absolute atomic E-state index is 0.277. The Hall–Kier alpha value is -1.24. The van der Waals surface area contributed by atoms with Crippen molar-refractivity contribution in [2.75, 3.05) is 25.4 Å². The molecule has 0 saturated carbocycles. The monoisotopic (exact) mass is 296 g/mol. The van der Waals surface area contributed by atoms with E-state index in [0.717, 1.165) is 37.2 Å². The molecule has 0 spiro atoms. The van der Waals surface area contributed by atoms with Crippen molar-refractivity contribution in [3.63, 3.8) is 0 Å². The summed E-state index contributed by atoms with van der Waals surface area (Å²) < 4.78 is 2.18. The first-order valence-electron chi connectivity index (χ1n) is 7.02. The van der Waals surface area contributed by atoms with Crippen LogP contribution in [0, 0.1) is 0 Å². The molecule has 0 atom stereocenters. The first-order valence-corrected chi connectivity index (χ1v) is 8.00. The average Bonchev–Trinajstić information content (AvgIpc) is 2.79. The number of guanidine groups is 1. The maximum Gasteiger partial charge on any atom is 0.194 e. The maximum absolute atomic E-state index is 4.70. The largest absolute Gasteiger partial charge is 0.357 e. The quantitative estimate of drug-likeness (QED) is 0.669. The van der Waals surface area contributed by atoms with Gasteiger partial charge in [0.25, 0.3) is 0 Å². The van der Waals surface area contributed by atoms with Crippen molar-refractivity contribution >= 4 is 17.7 Å². The predicted molar refractivity (Wildman–Crippen MR) is 83.9 cm³/mol. The Labute approximate surface area is 125 Å². The molecule has 2 rings (SSSR count). The number of rotatable bonds is 3. The van der Waals surface area contributed by atoms with Gasteiger partial charge in [0.05, 0.1) is 0 Å². The van der Waals surface area contributed by atoms with Crippen molar-refractivity contribution in [1.82, 2.24) is 25.0 Å². The lowest BCUT2D eigenvalue weighted by molar-refractivity contribution is 0.375. The molecular weight excluding hydrogens is 272 g/mol. The third-order valence-electron chi connectivity index (χ3n) is 3.24. The van der Waals surface area contributed by atoms with Crippen LogP contribution in [0.3, 0.4) is 0 Å². The molecule has 0 aromatic carbocycles. The highest BCUT2D eigenvalue weighted by Gasteiger charge is 2.28. The minimum atomic E-state index is 0.277. The van der Waals surface area contributed by atoms with Crippen LogP contribution in [0.15, 0.2) is 11.3 Å². The molecule has 1 aromatic heterocycles. The molecule has 0 bridgehead atoms. The molecular formula is C13H24N6S. The summed E-state index contributed by atoms with van der Waals surface area (Å²) in [6, 6.07) is 0. The van der Waals surface area contributed by atoms with E-state index >= 15 is 0 Å². The number of aliphatic imine (C=N–C) groups is 1. The fraction of sp³-hybridized carbons (Fsp3) is 0.769. The Morgan fingerprint density at radius 2 is 2.35 bits per heavy atom. The molecule has 2 heterocycles. The molecule has 1 aromatic rings. The normalized spacial score (nSPS) is 19.2. The van der Waals surface area contributed by atoms with Crippen LogP contribution in [0.5, 0.6) is 0 Å². The van der Waals surface area contributed by atoms with Gasteiger partial charge in [-0.15, -0.1) is 10.2 Å². The highest BCUT2D eigenvalue weighted by molar-refractivity contribution is 8.00. The van der Waals surface area contributed by atoms with Gasteiger partial charge >= 0.3 is 0 Å². The molecule has 6 nitrogen and oxygen atoms in total. The van der Waals surface area contributed by atoms with Gasteiger partial charge in [-0.3, -0.25) is 0 Å². The van der Waals surface area contributed by atoms with Gasteiger partial charge in [0.1, 0.15) is 12.9 Å². The number of aromatic nitrogens is 3. The second kappa shape index (κ2) is 6.47. The highest BCUT2D eigenvalue weighted by atomic mass is 32.2. The van der Waals surface area contributed by atoms with Gasteiger partial charge in [0.15, 0.2) is 11.8 Å². The van der Waals surface area contributed by atoms with Crippen molar-refractivity contribution < 1.29 is 0 Å². The molecule has 0 unspecified atom stereocenters. The SMILES string of the molecule is CCNC(=NCc1nncn1C)N1CCSC(C)(C)C1. The molecule has 1 N–H and O–H groups in total. The van der Waals surface area contributed by atoms with E-state index in [1.165, 1.54) is 0 Å². The first-order chi connectivity index (χ1) is 9.52. The van der Waals surface area contributed by atoms with Crippen molar-refractivity contribution in [1.29, 1.82) is 0 Å². The van der Waals surface area contributed by atoms with Crippen molar-refractivity contribution in [3.8, 4) is 0 Å². The van der Waals surface area contributed by atoms with Gasteiger partial charge in [-0.25, -0.2) is 4.99 Å². The molecule has 7 heteroatoms. The van der Waals surface area contributed by atoms with Crippen LogP contribution in [0.4, 0.5) is 0 Å². The lowest BCUT2D eigenvalue weighted by atomic mass is 10.2. The molecule has 1 aliphatic rings. The summed E-state index contributed by atoms with van der Waals surface area (Å²) in [6.07, 6.45) is 1.71. The third kappa shape index (κ3) is 3.88. The van der Waals surface area contributed by atoms with Gasteiger partial charge < -0.3 is 14.8 Å². The van der Waals surface area contributed by atoms with Crippen LogP contribution in [0.25, 0.3) is 0 Å². The van der Waals surface area contributed by atoms with Crippen molar-refractivity contribution in [3.05, 3.63) is 12.2 Å². The van der Waals surface area contributed by atoms with Crippen LogP contribution in [-0.2, 0) is 13.6 Å². The third-order valence-corrected chi connectivity index (χ3v) is 4.53. The predicted octanol–water partition coefficient (Wildman–Crippen LogP) is 1.11. The fourth-order valence-corrected chi connectivity index (χ4v) is 3.33. The number of thioether (sulfide) groups is 1. The number of hydrogen-bond acceptors (Lipinski definition) is 4. The summed E-state index contributed by atoms with van der Waals surface area (Å²) in [5.74, 6) is 3.00. The Morgan fingerprint density at radius 1 is 1.55 bits per heavy atom. The standard InChI is InChI=1S/C13H24N6S/c1-5-14-12(15-8-11-17-16-10-18(11)4)19-6-7-20-13(2,3)9-19/h10H,5-9H2,1-4H3,(H,14,15). The average molecular weight is 296 g/mol. The summed E-state index contributed by atoms with van der Waals surface area (Å²) in [7, 11) is 1.94. The Balaban J connectivity index is 2.07. The molecule has 112 valence electrons. The van der Waals surface area contributed by atoms with E-state index in [1.807, 2.05) is 23.4 Å². The zero-order valence-electron chi connectivity index (χ0n) is 12.8. The van der Waals surface area contributed by atoms with Crippen LogP contribution in [0.1, 0.15) is 26.6 Å². The smallest absolute Gasteiger partial charge is 0.194 e. The highest BCUT2D eigenvalue weighted by Crippen LogP contribution is 2.29. The lowest BCUT2D eigenvalue weighted by Gasteiger charge is -2.39. The molecule has 20 heavy (non-hydrogen) atoms. The molecule has 1 fully saturated rings. The van der Waals surface area contributed by atoms with E-state index in [2.05, 4.69) is 41.2 Å². The number of hydrogen-bond donors (Lipinski definition) is 1. The van der Waals surface area contributed by atoms with Crippen LogP contribution in [0.2, 0.25) is 0 Å². The van der Waals surface area contributed by atoms with Gasteiger partial charge in [-0.1, -0.05) is 0 Å². The number of nitrogens with one attached hydrogen (secondary N) is 1. The maximum atomic E-state index is 4.70. The Bertz CT molecular complexity index is 467. The van der Waals surface area contributed by atoms with Crippen molar-refractivity contribution in [2.45, 2.75) is 32.1 Å². The minimum Gasteiger partial charge on any atom is -0.357 e. The van der Waals surface area contributed by atoms with E-state index in [1.54, 1.807) is 6.33 Å². The first kappa shape index (κ1) is 15.2. The van der Waals surface area contributed by atoms with Crippen molar-refractivity contribution in [2.24, 2.45) is 12.0 Å². The second-order valence-corrected chi connectivity index (χ2v) is 7.36. The summed E-state index contributed by atoms with van der Waals surface area (Å²) >= 11 is 2.03. The van der Waals surface area contributed by atoms with Gasteiger partial charge in [0, 0.05) is 37.2 Å². The van der Waals surface area contributed by atoms with E-state index < -0.39 is 0 Å². The number of nitrogens with zero attached hydrogens (tertiary/aromatic N) is 5. The topological polar surface area (TPSA) is 58.3 Å². The molecule has 1 saturated heterocycles. The van der Waals surface area contributed by atoms with Crippen LogP contribution < -0.4 is 5.32 Å². The van der Waals surface area contributed by atoms with Crippen LogP contribution >= 0.6 is 11.8 Å². The fourth-order valence-electron chi connectivity index (χ4n) is 2.22. The van der Waals surface area contributed by atoms with E-state index in [4.69, 9.17) is 4.99 Å². The zero-order valence-corrected chi connectivity index (χ0v) is 13.6. The molecule has 0 radical (unpaired) electrons. The Morgan fingerprint density at radius 3 is 2.95 bits per heavy atom. The van der Waals surface area contributed by atoms with Gasteiger partial charge in [-0.2, -0.15) is 11.8 Å². The van der Waals surface area contributed by atoms with E-state index in [9.17, 15) is 0 Å². The molecule has 0 aliphatic carbocycles. The molecule has 1 aliphatic heterocycles. The van der Waals surface area contributed by atoms with Crippen LogP contribution in [-0.4, -0.2) is 55.8 Å². The van der Waals surface area contributed by atoms with E-state index in [-0.39, 0.29) is 4.75 Å². The Kier molecular flexibility index (Phi) is 4.91. The summed E-state index contributed by atoms with van der Waals surface area (Å²) in [5.41, 5.74) is 0. The lowest BCUT2D eigenvalue weighted by Crippen LogP contribution is -2.51.